The van der Waals surface area contributed by atoms with Crippen molar-refractivity contribution in [3.63, 3.8) is 0 Å². The van der Waals surface area contributed by atoms with Crippen LogP contribution in [0.3, 0.4) is 0 Å². The van der Waals surface area contributed by atoms with Crippen LogP contribution in [0.2, 0.25) is 0 Å². The molecule has 9 nitrogen and oxygen atoms in total. The third-order valence-electron chi connectivity index (χ3n) is 3.02. The number of rotatable bonds is 8. The van der Waals surface area contributed by atoms with Gasteiger partial charge < -0.3 is 40.6 Å². The number of nitrogens with one attached hydrogen (secondary N) is 1. The Hall–Kier alpha value is -0.810. The second-order valence-electron chi connectivity index (χ2n) is 4.70. The first-order valence-electron chi connectivity index (χ1n) is 6.80. The van der Waals surface area contributed by atoms with E-state index in [9.17, 15) is 15.0 Å². The Morgan fingerprint density at radius 3 is 2.57 bits per heavy atom. The van der Waals surface area contributed by atoms with E-state index in [2.05, 4.69) is 5.32 Å². The van der Waals surface area contributed by atoms with Crippen LogP contribution < -0.4 is 11.1 Å². The van der Waals surface area contributed by atoms with E-state index in [0.29, 0.717) is 13.2 Å². The molecule has 1 aliphatic rings. The van der Waals surface area contributed by atoms with Gasteiger partial charge in [-0.05, 0) is 0 Å². The fraction of sp³-hybridized carbons (Fsp3) is 0.917. The maximum atomic E-state index is 11.2. The zero-order valence-corrected chi connectivity index (χ0v) is 12.0. The minimum atomic E-state index is -1.32. The fourth-order valence-electron chi connectivity index (χ4n) is 2.02. The van der Waals surface area contributed by atoms with E-state index >= 15 is 0 Å². The van der Waals surface area contributed by atoms with Crippen LogP contribution in [0.1, 0.15) is 6.92 Å². The van der Waals surface area contributed by atoms with E-state index < -0.39 is 43.2 Å². The predicted octanol–water partition coefficient (Wildman–Crippen LogP) is -3.08. The van der Waals surface area contributed by atoms with E-state index in [-0.39, 0.29) is 13.2 Å². The van der Waals surface area contributed by atoms with E-state index in [0.717, 1.165) is 0 Å². The van der Waals surface area contributed by atoms with Crippen LogP contribution in [0.5, 0.6) is 0 Å². The van der Waals surface area contributed by atoms with Crippen molar-refractivity contribution in [3.8, 4) is 0 Å². The summed E-state index contributed by atoms with van der Waals surface area (Å²) < 4.78 is 15.9. The SMILES string of the molecule is CC(=O)N[C@H]1[C@@H](OCCOCCN)O[C@H](CO)[C@H](O)[C@@H]1O. The summed E-state index contributed by atoms with van der Waals surface area (Å²) in [5, 5.41) is 31.4. The molecule has 1 heterocycles. The summed E-state index contributed by atoms with van der Waals surface area (Å²) in [4.78, 5) is 11.2. The Bertz CT molecular complexity index is 318. The van der Waals surface area contributed by atoms with E-state index in [1.165, 1.54) is 6.92 Å². The second kappa shape index (κ2) is 9.26. The molecule has 0 spiro atoms. The molecule has 0 aromatic rings. The van der Waals surface area contributed by atoms with Gasteiger partial charge in [-0.15, -0.1) is 0 Å². The topological polar surface area (TPSA) is 144 Å². The van der Waals surface area contributed by atoms with Gasteiger partial charge in [-0.3, -0.25) is 4.79 Å². The van der Waals surface area contributed by atoms with Crippen LogP contribution in [0.15, 0.2) is 0 Å². The molecule has 1 aliphatic heterocycles. The molecule has 0 bridgehead atoms. The van der Waals surface area contributed by atoms with Crippen LogP contribution in [0.25, 0.3) is 0 Å². The highest BCUT2D eigenvalue weighted by Gasteiger charge is 2.45. The number of hydrogen-bond acceptors (Lipinski definition) is 8. The molecule has 0 radical (unpaired) electrons. The fourth-order valence-corrected chi connectivity index (χ4v) is 2.02. The van der Waals surface area contributed by atoms with Crippen molar-refractivity contribution in [2.24, 2.45) is 5.73 Å². The van der Waals surface area contributed by atoms with Gasteiger partial charge in [0.1, 0.15) is 24.4 Å². The lowest BCUT2D eigenvalue weighted by Gasteiger charge is -2.42. The molecule has 9 heteroatoms. The lowest BCUT2D eigenvalue weighted by atomic mass is 9.97. The third kappa shape index (κ3) is 5.47. The summed E-state index contributed by atoms with van der Waals surface area (Å²) >= 11 is 0. The molecule has 1 rings (SSSR count). The van der Waals surface area contributed by atoms with E-state index in [4.69, 9.17) is 25.1 Å². The molecule has 0 unspecified atom stereocenters. The highest BCUT2D eigenvalue weighted by atomic mass is 16.7. The minimum absolute atomic E-state index is 0.154. The number of hydrogen-bond donors (Lipinski definition) is 5. The van der Waals surface area contributed by atoms with Crippen molar-refractivity contribution >= 4 is 5.91 Å². The third-order valence-corrected chi connectivity index (χ3v) is 3.02. The smallest absolute Gasteiger partial charge is 0.217 e. The van der Waals surface area contributed by atoms with Gasteiger partial charge in [0.2, 0.25) is 5.91 Å². The first-order chi connectivity index (χ1) is 10.0. The number of aliphatic hydroxyl groups is 3. The zero-order chi connectivity index (χ0) is 15.8. The van der Waals surface area contributed by atoms with Crippen molar-refractivity contribution < 1.29 is 34.3 Å². The van der Waals surface area contributed by atoms with Gasteiger partial charge in [0.05, 0.1) is 26.4 Å². The maximum absolute atomic E-state index is 11.2. The lowest BCUT2D eigenvalue weighted by Crippen LogP contribution is -2.64. The van der Waals surface area contributed by atoms with E-state index in [1.54, 1.807) is 0 Å². The number of carbonyl (C=O) groups excluding carboxylic acids is 1. The molecule has 0 aromatic carbocycles. The van der Waals surface area contributed by atoms with Crippen molar-refractivity contribution in [2.45, 2.75) is 37.6 Å². The summed E-state index contributed by atoms with van der Waals surface area (Å²) in [5.74, 6) is -0.398. The minimum Gasteiger partial charge on any atom is -0.394 e. The van der Waals surface area contributed by atoms with Gasteiger partial charge in [-0.25, -0.2) is 0 Å². The standard InChI is InChI=1S/C12H24N2O7/c1-7(16)14-9-11(18)10(17)8(6-15)21-12(9)20-5-4-19-3-2-13/h8-12,15,17-18H,2-6,13H2,1H3,(H,14,16)/t8-,9-,10+,11-,12+/m1/s1. The average molecular weight is 308 g/mol. The molecule has 0 aliphatic carbocycles. The molecule has 1 amide bonds. The van der Waals surface area contributed by atoms with Gasteiger partial charge in [-0.1, -0.05) is 0 Å². The molecule has 1 saturated heterocycles. The largest absolute Gasteiger partial charge is 0.394 e. The van der Waals surface area contributed by atoms with Crippen LogP contribution >= 0.6 is 0 Å². The Morgan fingerprint density at radius 2 is 2.00 bits per heavy atom. The summed E-state index contributed by atoms with van der Waals surface area (Å²) in [6.07, 6.45) is -4.61. The van der Waals surface area contributed by atoms with Crippen LogP contribution in [-0.4, -0.2) is 84.8 Å². The predicted molar refractivity (Wildman–Crippen MR) is 71.2 cm³/mol. The first kappa shape index (κ1) is 18.2. The molecular weight excluding hydrogens is 284 g/mol. The van der Waals surface area contributed by atoms with Crippen LogP contribution in [0.4, 0.5) is 0 Å². The van der Waals surface area contributed by atoms with Crippen molar-refractivity contribution in [2.75, 3.05) is 33.0 Å². The molecule has 5 atom stereocenters. The van der Waals surface area contributed by atoms with Gasteiger partial charge >= 0.3 is 0 Å². The van der Waals surface area contributed by atoms with Gasteiger partial charge in [0.25, 0.3) is 0 Å². The Labute approximate surface area is 123 Å². The highest BCUT2D eigenvalue weighted by molar-refractivity contribution is 5.73. The van der Waals surface area contributed by atoms with Crippen LogP contribution in [0, 0.1) is 0 Å². The normalized spacial score (nSPS) is 32.9. The van der Waals surface area contributed by atoms with Gasteiger partial charge in [-0.2, -0.15) is 0 Å². The average Bonchev–Trinajstić information content (AvgIpc) is 2.45. The number of nitrogens with two attached hydrogens (primary N) is 1. The Morgan fingerprint density at radius 1 is 1.29 bits per heavy atom. The summed E-state index contributed by atoms with van der Waals surface area (Å²) in [5.41, 5.74) is 5.27. The molecule has 124 valence electrons. The quantitative estimate of drug-likeness (QED) is 0.297. The summed E-state index contributed by atoms with van der Waals surface area (Å²) in [6, 6.07) is -0.935. The van der Waals surface area contributed by atoms with Gasteiger partial charge in [0.15, 0.2) is 6.29 Å². The van der Waals surface area contributed by atoms with Crippen molar-refractivity contribution in [1.29, 1.82) is 0 Å². The van der Waals surface area contributed by atoms with Gasteiger partial charge in [0, 0.05) is 13.5 Å². The maximum Gasteiger partial charge on any atom is 0.217 e. The molecule has 6 N–H and O–H groups in total. The molecule has 21 heavy (non-hydrogen) atoms. The van der Waals surface area contributed by atoms with Crippen LogP contribution in [-0.2, 0) is 19.0 Å². The lowest BCUT2D eigenvalue weighted by molar-refractivity contribution is -0.272. The summed E-state index contributed by atoms with van der Waals surface area (Å²) in [6.45, 7) is 2.01. The number of carbonyl (C=O) groups is 1. The summed E-state index contributed by atoms with van der Waals surface area (Å²) in [7, 11) is 0. The molecule has 1 fully saturated rings. The van der Waals surface area contributed by atoms with Crippen molar-refractivity contribution in [3.05, 3.63) is 0 Å². The number of ether oxygens (including phenoxy) is 3. The zero-order valence-electron chi connectivity index (χ0n) is 12.0. The van der Waals surface area contributed by atoms with E-state index in [1.807, 2.05) is 0 Å². The number of amides is 1. The highest BCUT2D eigenvalue weighted by Crippen LogP contribution is 2.22. The Kier molecular flexibility index (Phi) is 8.04. The Balaban J connectivity index is 2.58. The monoisotopic (exact) mass is 308 g/mol. The first-order valence-corrected chi connectivity index (χ1v) is 6.80. The molecule has 0 aromatic heterocycles. The molecular formula is C12H24N2O7. The second-order valence-corrected chi connectivity index (χ2v) is 4.70. The van der Waals surface area contributed by atoms with Crippen molar-refractivity contribution in [1.82, 2.24) is 5.32 Å². The number of aliphatic hydroxyl groups excluding tert-OH is 3. The molecule has 0 saturated carbocycles.